The van der Waals surface area contributed by atoms with Crippen LogP contribution in [0.15, 0.2) is 69.9 Å². The summed E-state index contributed by atoms with van der Waals surface area (Å²) in [4.78, 5) is 34.6. The van der Waals surface area contributed by atoms with Gasteiger partial charge in [0.15, 0.2) is 0 Å². The Labute approximate surface area is 228 Å². The van der Waals surface area contributed by atoms with Gasteiger partial charge in [0.1, 0.15) is 6.67 Å². The number of aliphatic carboxylic acids is 1. The highest BCUT2D eigenvalue weighted by molar-refractivity contribution is 6.01. The molecule has 0 aromatic carbocycles. The molecule has 8 heteroatoms. The van der Waals surface area contributed by atoms with Gasteiger partial charge in [-0.25, -0.2) is 14.8 Å². The highest BCUT2D eigenvalue weighted by atomic mass is 16.4. The smallest absolute Gasteiger partial charge is 0.335 e. The van der Waals surface area contributed by atoms with Crippen LogP contribution in [0.5, 0.6) is 0 Å². The minimum atomic E-state index is -0.889. The Morgan fingerprint density at radius 1 is 1.32 bits per heavy atom. The molecule has 0 bridgehead atoms. The number of hydrazine groups is 1. The number of aliphatic imine (C=N–C) groups is 2. The van der Waals surface area contributed by atoms with Crippen LogP contribution in [0.2, 0.25) is 0 Å². The zero-order valence-electron chi connectivity index (χ0n) is 24.1. The second kappa shape index (κ2) is 14.0. The Bertz CT molecular complexity index is 1070. The molecule has 4 unspecified atom stereocenters. The molecule has 1 heterocycles. The van der Waals surface area contributed by atoms with Gasteiger partial charge in [-0.05, 0) is 63.5 Å². The van der Waals surface area contributed by atoms with Gasteiger partial charge >= 0.3 is 5.97 Å². The molecule has 0 saturated carbocycles. The monoisotopic (exact) mass is 523 g/mol. The third-order valence-electron chi connectivity index (χ3n) is 7.48. The molecule has 0 radical (unpaired) electrons. The number of carboxylic acid groups (broad SMARTS) is 1. The minimum absolute atomic E-state index is 0.0176. The summed E-state index contributed by atoms with van der Waals surface area (Å²) in [6, 6.07) is 0.0176. The van der Waals surface area contributed by atoms with Gasteiger partial charge < -0.3 is 10.0 Å². The summed E-state index contributed by atoms with van der Waals surface area (Å²) in [6.45, 7) is 21.6. The SMILES string of the molecule is C=C/N=C(\N=C(\CN(C=O)C(C)C)C(C)/C(=C/C(CC)C1CC=C(C(=O)O)C=C1C)C(=C)CC)N1CN1C. The molecule has 4 atom stereocenters. The van der Waals surface area contributed by atoms with E-state index in [0.717, 1.165) is 48.4 Å². The number of hydrogen-bond acceptors (Lipinski definition) is 4. The zero-order chi connectivity index (χ0) is 28.6. The normalized spacial score (nSPS) is 21.9. The molecule has 1 saturated heterocycles. The van der Waals surface area contributed by atoms with Gasteiger partial charge in [0.25, 0.3) is 0 Å². The fourth-order valence-electron chi connectivity index (χ4n) is 4.76. The molecule has 0 aromatic heterocycles. The molecule has 1 amide bonds. The Morgan fingerprint density at radius 2 is 1.97 bits per heavy atom. The van der Waals surface area contributed by atoms with E-state index >= 15 is 0 Å². The topological polar surface area (TPSA) is 88.4 Å². The van der Waals surface area contributed by atoms with E-state index in [9.17, 15) is 14.7 Å². The van der Waals surface area contributed by atoms with Crippen LogP contribution in [0.3, 0.4) is 0 Å². The van der Waals surface area contributed by atoms with E-state index in [-0.39, 0.29) is 23.8 Å². The molecule has 1 fully saturated rings. The number of hydrogen-bond donors (Lipinski definition) is 1. The van der Waals surface area contributed by atoms with Crippen molar-refractivity contribution >= 4 is 24.1 Å². The lowest BCUT2D eigenvalue weighted by Crippen LogP contribution is -2.38. The third-order valence-corrected chi connectivity index (χ3v) is 7.48. The van der Waals surface area contributed by atoms with Gasteiger partial charge in [0.05, 0.1) is 12.1 Å². The van der Waals surface area contributed by atoms with Crippen molar-refractivity contribution in [2.75, 3.05) is 20.3 Å². The Kier molecular flexibility index (Phi) is 11.4. The zero-order valence-corrected chi connectivity index (χ0v) is 24.1. The number of nitrogens with zero attached hydrogens (tertiary/aromatic N) is 5. The van der Waals surface area contributed by atoms with Crippen molar-refractivity contribution in [3.8, 4) is 0 Å². The van der Waals surface area contributed by atoms with Crippen LogP contribution in [-0.4, -0.2) is 70.4 Å². The highest BCUT2D eigenvalue weighted by Gasteiger charge is 2.32. The second-order valence-electron chi connectivity index (χ2n) is 10.4. The van der Waals surface area contributed by atoms with Gasteiger partial charge in [-0.15, -0.1) is 0 Å². The number of carbonyl (C=O) groups is 2. The van der Waals surface area contributed by atoms with E-state index in [0.29, 0.717) is 24.5 Å². The van der Waals surface area contributed by atoms with Crippen LogP contribution in [0.4, 0.5) is 0 Å². The van der Waals surface area contributed by atoms with Crippen LogP contribution in [0.1, 0.15) is 60.8 Å². The van der Waals surface area contributed by atoms with Crippen LogP contribution in [0.25, 0.3) is 0 Å². The maximum absolute atomic E-state index is 11.9. The molecule has 0 spiro atoms. The Hall–Kier alpha value is -3.26. The van der Waals surface area contributed by atoms with E-state index in [4.69, 9.17) is 4.99 Å². The minimum Gasteiger partial charge on any atom is -0.478 e. The molecule has 208 valence electrons. The summed E-state index contributed by atoms with van der Waals surface area (Å²) in [7, 11) is 1.96. The van der Waals surface area contributed by atoms with Crippen LogP contribution in [-0.2, 0) is 9.59 Å². The standard InChI is InChI=1S/C30H45N5O3/c1-10-21(6)27(16-24(11-2)26-14-13-25(29(37)38)15-22(26)7)23(8)28(17-34(19-36)20(4)5)32-30(31-12-3)35-18-33(35)9/h12-13,15-16,19-20,23-24,26H,3,6,10-11,14,17-18H2,1-2,4-5,7-9H3,(H,37,38)/b27-16+,31-30+,32-28-. The van der Waals surface area contributed by atoms with Crippen molar-refractivity contribution in [3.63, 3.8) is 0 Å². The summed E-state index contributed by atoms with van der Waals surface area (Å²) in [6.07, 6.45) is 10.7. The quantitative estimate of drug-likeness (QED) is 0.114. The first kappa shape index (κ1) is 31.0. The first-order valence-corrected chi connectivity index (χ1v) is 13.5. The van der Waals surface area contributed by atoms with Crippen LogP contribution >= 0.6 is 0 Å². The second-order valence-corrected chi connectivity index (χ2v) is 10.4. The van der Waals surface area contributed by atoms with E-state index in [2.05, 4.69) is 45.0 Å². The lowest BCUT2D eigenvalue weighted by Gasteiger charge is -2.30. The van der Waals surface area contributed by atoms with Crippen molar-refractivity contribution in [2.45, 2.75) is 66.8 Å². The van der Waals surface area contributed by atoms with Crippen molar-refractivity contribution < 1.29 is 14.7 Å². The number of carboxylic acids is 1. The highest BCUT2D eigenvalue weighted by Crippen LogP contribution is 2.36. The summed E-state index contributed by atoms with van der Waals surface area (Å²) in [5.41, 5.74) is 4.39. The van der Waals surface area contributed by atoms with Crippen molar-refractivity contribution in [3.05, 3.63) is 59.9 Å². The fraction of sp³-hybridized carbons (Fsp3) is 0.533. The largest absolute Gasteiger partial charge is 0.478 e. The number of rotatable bonds is 13. The van der Waals surface area contributed by atoms with Crippen LogP contribution in [0, 0.1) is 17.8 Å². The maximum Gasteiger partial charge on any atom is 0.335 e. The molecule has 2 rings (SSSR count). The average Bonchev–Trinajstić information content (AvgIpc) is 3.62. The molecule has 38 heavy (non-hydrogen) atoms. The van der Waals surface area contributed by atoms with Crippen molar-refractivity contribution in [1.29, 1.82) is 0 Å². The molecule has 1 N–H and O–H groups in total. The number of amides is 1. The van der Waals surface area contributed by atoms with Gasteiger partial charge in [0.2, 0.25) is 12.4 Å². The number of guanidine groups is 1. The van der Waals surface area contributed by atoms with E-state index in [1.165, 1.54) is 6.20 Å². The fourth-order valence-corrected chi connectivity index (χ4v) is 4.76. The molecule has 0 aromatic rings. The first-order valence-electron chi connectivity index (χ1n) is 13.5. The Morgan fingerprint density at radius 3 is 2.42 bits per heavy atom. The van der Waals surface area contributed by atoms with Gasteiger partial charge in [-0.2, -0.15) is 5.01 Å². The lowest BCUT2D eigenvalue weighted by molar-refractivity contribution is -0.132. The van der Waals surface area contributed by atoms with Gasteiger partial charge in [-0.3, -0.25) is 9.80 Å². The average molecular weight is 524 g/mol. The van der Waals surface area contributed by atoms with Gasteiger partial charge in [-0.1, -0.05) is 57.2 Å². The summed E-state index contributed by atoms with van der Waals surface area (Å²) in [5.74, 6) is -0.0472. The Balaban J connectivity index is 2.55. The van der Waals surface area contributed by atoms with Crippen LogP contribution < -0.4 is 0 Å². The molecular formula is C30H45N5O3. The molecule has 2 aliphatic rings. The van der Waals surface area contributed by atoms with E-state index in [1.807, 2.05) is 43.9 Å². The van der Waals surface area contributed by atoms with E-state index < -0.39 is 5.97 Å². The third kappa shape index (κ3) is 7.87. The van der Waals surface area contributed by atoms with E-state index in [1.54, 1.807) is 11.0 Å². The van der Waals surface area contributed by atoms with Crippen molar-refractivity contribution in [2.24, 2.45) is 27.7 Å². The van der Waals surface area contributed by atoms with Gasteiger partial charge in [0, 0.05) is 30.9 Å². The summed E-state index contributed by atoms with van der Waals surface area (Å²) < 4.78 is 0. The molecule has 1 aliphatic heterocycles. The maximum atomic E-state index is 11.9. The summed E-state index contributed by atoms with van der Waals surface area (Å²) in [5, 5.41) is 13.4. The predicted octanol–water partition coefficient (Wildman–Crippen LogP) is 5.45. The van der Waals surface area contributed by atoms with Crippen molar-refractivity contribution in [1.82, 2.24) is 14.9 Å². The molecular weight excluding hydrogens is 478 g/mol. The lowest BCUT2D eigenvalue weighted by atomic mass is 9.76. The number of carbonyl (C=O) groups excluding carboxylic acids is 1. The molecule has 1 aliphatic carbocycles. The predicted molar refractivity (Wildman–Crippen MR) is 155 cm³/mol. The summed E-state index contributed by atoms with van der Waals surface area (Å²) >= 11 is 0. The first-order chi connectivity index (χ1) is 18.0. The molecule has 8 nitrogen and oxygen atoms in total. The number of allylic oxidation sites excluding steroid dienone is 5.